The third-order valence-electron chi connectivity index (χ3n) is 4.12. The number of fused-ring (bicyclic) bond motifs is 2. The highest BCUT2D eigenvalue weighted by atomic mass is 16.5. The van der Waals surface area contributed by atoms with Crippen LogP contribution in [0.2, 0.25) is 0 Å². The molecule has 2 fully saturated rings. The fourth-order valence-electron chi connectivity index (χ4n) is 4.09. The van der Waals surface area contributed by atoms with Gasteiger partial charge in [-0.25, -0.2) is 0 Å². The van der Waals surface area contributed by atoms with Crippen LogP contribution >= 0.6 is 0 Å². The lowest BCUT2D eigenvalue weighted by molar-refractivity contribution is -0.183. The molecule has 0 spiro atoms. The maximum atomic E-state index is 12.0. The molecule has 5 heteroatoms. The number of nitrogens with zero attached hydrogens (tertiary/aromatic N) is 1. The molecule has 0 aromatic carbocycles. The van der Waals surface area contributed by atoms with E-state index in [4.69, 9.17) is 9.84 Å². The lowest BCUT2D eigenvalue weighted by Crippen LogP contribution is -2.53. The highest BCUT2D eigenvalue weighted by Crippen LogP contribution is 2.56. The van der Waals surface area contributed by atoms with Crippen molar-refractivity contribution in [1.82, 2.24) is 0 Å². The molecule has 1 N–H and O–H groups in total. The van der Waals surface area contributed by atoms with Crippen LogP contribution in [0.3, 0.4) is 0 Å². The second-order valence-corrected chi connectivity index (χ2v) is 7.00. The summed E-state index contributed by atoms with van der Waals surface area (Å²) in [5.41, 5.74) is -0.753. The lowest BCUT2D eigenvalue weighted by atomic mass is 9.54. The summed E-state index contributed by atoms with van der Waals surface area (Å²) in [5, 5.41) is 8.64. The van der Waals surface area contributed by atoms with Crippen LogP contribution in [0.4, 0.5) is 0 Å². The number of aliphatic carboxylic acids is 1. The molecule has 0 radical (unpaired) electrons. The molecule has 1 saturated heterocycles. The molecular weight excluding hydrogens is 246 g/mol. The van der Waals surface area contributed by atoms with Gasteiger partial charge in [0.05, 0.1) is 12.0 Å². The summed E-state index contributed by atoms with van der Waals surface area (Å²) in [6.07, 6.45) is 4.10. The van der Waals surface area contributed by atoms with Gasteiger partial charge in [-0.1, -0.05) is 13.8 Å². The van der Waals surface area contributed by atoms with Crippen molar-refractivity contribution in [2.75, 3.05) is 13.2 Å². The van der Waals surface area contributed by atoms with Gasteiger partial charge >= 0.3 is 11.9 Å². The SMILES string of the molecule is CC1(C=NCC(=O)O)CC2(C)COC(=O)C(C)(C1)C2. The Labute approximate surface area is 113 Å². The predicted molar refractivity (Wildman–Crippen MR) is 70.1 cm³/mol. The number of carboxylic acids is 1. The largest absolute Gasteiger partial charge is 0.480 e. The number of carbonyl (C=O) groups is 2. The Balaban J connectivity index is 2.21. The van der Waals surface area contributed by atoms with Crippen LogP contribution in [0.1, 0.15) is 40.0 Å². The molecule has 3 unspecified atom stereocenters. The molecule has 106 valence electrons. The van der Waals surface area contributed by atoms with E-state index in [9.17, 15) is 9.59 Å². The van der Waals surface area contributed by atoms with E-state index in [-0.39, 0.29) is 23.3 Å². The molecule has 0 aromatic rings. The standard InChI is InChI=1S/C14H21NO4/c1-12(8-15-4-10(16)17)5-13(2)7-14(3,6-12)11(18)19-9-13/h8H,4-7,9H2,1-3H3,(H,16,17). The third-order valence-corrected chi connectivity index (χ3v) is 4.12. The van der Waals surface area contributed by atoms with Crippen LogP contribution in [0, 0.1) is 16.2 Å². The average molecular weight is 267 g/mol. The van der Waals surface area contributed by atoms with Crippen molar-refractivity contribution in [3.63, 3.8) is 0 Å². The van der Waals surface area contributed by atoms with Gasteiger partial charge in [-0.3, -0.25) is 14.6 Å². The summed E-state index contributed by atoms with van der Waals surface area (Å²) in [4.78, 5) is 26.5. The third kappa shape index (κ3) is 2.80. The Bertz CT molecular complexity index is 447. The number of ether oxygens (including phenoxy) is 1. The number of esters is 1. The van der Waals surface area contributed by atoms with Crippen molar-refractivity contribution < 1.29 is 19.4 Å². The quantitative estimate of drug-likeness (QED) is 0.626. The van der Waals surface area contributed by atoms with Crippen LogP contribution in [-0.4, -0.2) is 36.4 Å². The van der Waals surface area contributed by atoms with Gasteiger partial charge in [0.1, 0.15) is 6.54 Å². The first-order chi connectivity index (χ1) is 8.67. The summed E-state index contributed by atoms with van der Waals surface area (Å²) in [6, 6.07) is 0. The van der Waals surface area contributed by atoms with E-state index in [1.807, 2.05) is 13.8 Å². The van der Waals surface area contributed by atoms with Crippen molar-refractivity contribution >= 4 is 18.2 Å². The Morgan fingerprint density at radius 3 is 2.68 bits per heavy atom. The fraction of sp³-hybridized carbons (Fsp3) is 0.786. The zero-order valence-electron chi connectivity index (χ0n) is 11.7. The van der Waals surface area contributed by atoms with Crippen LogP contribution in [0.25, 0.3) is 0 Å². The average Bonchev–Trinajstić information content (AvgIpc) is 2.21. The van der Waals surface area contributed by atoms with Gasteiger partial charge in [0, 0.05) is 17.0 Å². The minimum atomic E-state index is -0.937. The first-order valence-electron chi connectivity index (χ1n) is 6.57. The molecule has 2 bridgehead atoms. The number of carboxylic acid groups (broad SMARTS) is 1. The number of aliphatic imine (C=N–C) groups is 1. The zero-order chi connectivity index (χ0) is 14.3. The van der Waals surface area contributed by atoms with Crippen molar-refractivity contribution in [2.24, 2.45) is 21.2 Å². The topological polar surface area (TPSA) is 76.0 Å². The smallest absolute Gasteiger partial charge is 0.325 e. The number of cyclic esters (lactones) is 1. The van der Waals surface area contributed by atoms with E-state index in [1.165, 1.54) is 0 Å². The number of hydrogen-bond acceptors (Lipinski definition) is 4. The van der Waals surface area contributed by atoms with E-state index in [2.05, 4.69) is 11.9 Å². The van der Waals surface area contributed by atoms with Crippen molar-refractivity contribution in [1.29, 1.82) is 0 Å². The lowest BCUT2D eigenvalue weighted by Gasteiger charge is -2.53. The molecule has 1 saturated carbocycles. The molecule has 1 heterocycles. The molecule has 2 aliphatic rings. The maximum Gasteiger partial charge on any atom is 0.325 e. The molecule has 1 aliphatic carbocycles. The Morgan fingerprint density at radius 2 is 2.05 bits per heavy atom. The van der Waals surface area contributed by atoms with Gasteiger partial charge in [0.25, 0.3) is 0 Å². The van der Waals surface area contributed by atoms with Crippen molar-refractivity contribution in [2.45, 2.75) is 40.0 Å². The van der Waals surface area contributed by atoms with Crippen molar-refractivity contribution in [3.8, 4) is 0 Å². The molecule has 0 amide bonds. The molecule has 3 atom stereocenters. The first-order valence-corrected chi connectivity index (χ1v) is 6.57. The summed E-state index contributed by atoms with van der Waals surface area (Å²) in [7, 11) is 0. The van der Waals surface area contributed by atoms with Gasteiger partial charge in [-0.2, -0.15) is 0 Å². The molecule has 2 rings (SSSR count). The van der Waals surface area contributed by atoms with E-state index in [0.717, 1.165) is 12.8 Å². The summed E-state index contributed by atoms with van der Waals surface area (Å²) >= 11 is 0. The number of carbonyl (C=O) groups excluding carboxylic acids is 1. The minimum absolute atomic E-state index is 0.0368. The monoisotopic (exact) mass is 267 g/mol. The summed E-state index contributed by atoms with van der Waals surface area (Å²) in [5.74, 6) is -1.07. The van der Waals surface area contributed by atoms with Gasteiger partial charge < -0.3 is 9.84 Å². The van der Waals surface area contributed by atoms with Gasteiger partial charge in [0.15, 0.2) is 0 Å². The number of hydrogen-bond donors (Lipinski definition) is 1. The Hall–Kier alpha value is -1.39. The maximum absolute atomic E-state index is 12.0. The fourth-order valence-corrected chi connectivity index (χ4v) is 4.09. The molecule has 5 nitrogen and oxygen atoms in total. The van der Waals surface area contributed by atoms with Gasteiger partial charge in [-0.15, -0.1) is 0 Å². The van der Waals surface area contributed by atoms with Crippen LogP contribution < -0.4 is 0 Å². The first kappa shape index (κ1) is 14.0. The van der Waals surface area contributed by atoms with Crippen molar-refractivity contribution in [3.05, 3.63) is 0 Å². The summed E-state index contributed by atoms with van der Waals surface area (Å²) < 4.78 is 5.31. The second kappa shape index (κ2) is 4.32. The molecule has 19 heavy (non-hydrogen) atoms. The normalized spacial score (nSPS) is 42.2. The minimum Gasteiger partial charge on any atom is -0.480 e. The van der Waals surface area contributed by atoms with Crippen LogP contribution in [0.15, 0.2) is 4.99 Å². The van der Waals surface area contributed by atoms with Crippen LogP contribution in [-0.2, 0) is 14.3 Å². The Kier molecular flexibility index (Phi) is 3.19. The van der Waals surface area contributed by atoms with E-state index in [0.29, 0.717) is 13.0 Å². The zero-order valence-corrected chi connectivity index (χ0v) is 11.7. The van der Waals surface area contributed by atoms with E-state index >= 15 is 0 Å². The predicted octanol–water partition coefficient (Wildman–Crippen LogP) is 1.90. The highest BCUT2D eigenvalue weighted by molar-refractivity contribution is 5.80. The van der Waals surface area contributed by atoms with Gasteiger partial charge in [-0.05, 0) is 26.2 Å². The van der Waals surface area contributed by atoms with Gasteiger partial charge in [0.2, 0.25) is 0 Å². The van der Waals surface area contributed by atoms with Crippen LogP contribution in [0.5, 0.6) is 0 Å². The highest BCUT2D eigenvalue weighted by Gasteiger charge is 2.55. The molecule has 0 aromatic heterocycles. The number of rotatable bonds is 3. The Morgan fingerprint density at radius 1 is 1.37 bits per heavy atom. The molecular formula is C14H21NO4. The second-order valence-electron chi connectivity index (χ2n) is 7.00. The molecule has 1 aliphatic heterocycles. The van der Waals surface area contributed by atoms with E-state index < -0.39 is 11.4 Å². The van der Waals surface area contributed by atoms with E-state index in [1.54, 1.807) is 6.21 Å². The summed E-state index contributed by atoms with van der Waals surface area (Å²) in [6.45, 7) is 6.35.